The number of rotatable bonds is 6. The fraction of sp³-hybridized carbons (Fsp3) is 0.611. The Balaban J connectivity index is 2.15. The van der Waals surface area contributed by atoms with Crippen LogP contribution in [0.15, 0.2) is 24.3 Å². The predicted molar refractivity (Wildman–Crippen MR) is 85.8 cm³/mol. The molecular formula is C18H27NO2. The molecule has 1 aromatic carbocycles. The Labute approximate surface area is 128 Å². The lowest BCUT2D eigenvalue weighted by atomic mass is 9.85. The van der Waals surface area contributed by atoms with Gasteiger partial charge in [-0.2, -0.15) is 0 Å². The van der Waals surface area contributed by atoms with Crippen LogP contribution in [0.1, 0.15) is 45.1 Å². The maximum atomic E-state index is 12.9. The van der Waals surface area contributed by atoms with Gasteiger partial charge in [-0.1, -0.05) is 31.5 Å². The van der Waals surface area contributed by atoms with Crippen LogP contribution in [-0.4, -0.2) is 36.4 Å². The maximum Gasteiger partial charge on any atom is 0.157 e. The van der Waals surface area contributed by atoms with Gasteiger partial charge in [0, 0.05) is 12.0 Å². The molecule has 0 aliphatic carbocycles. The molecule has 0 aromatic heterocycles. The zero-order valence-corrected chi connectivity index (χ0v) is 13.5. The summed E-state index contributed by atoms with van der Waals surface area (Å²) < 4.78 is 5.37. The molecular weight excluding hydrogens is 262 g/mol. The molecule has 0 radical (unpaired) electrons. The van der Waals surface area contributed by atoms with Gasteiger partial charge in [-0.25, -0.2) is 0 Å². The van der Waals surface area contributed by atoms with E-state index in [2.05, 4.69) is 18.7 Å². The number of benzene rings is 1. The third kappa shape index (κ3) is 3.46. The smallest absolute Gasteiger partial charge is 0.157 e. The Kier molecular flexibility index (Phi) is 5.40. The lowest BCUT2D eigenvalue weighted by Crippen LogP contribution is -2.54. The summed E-state index contributed by atoms with van der Waals surface area (Å²) in [5, 5.41) is 0. The van der Waals surface area contributed by atoms with Crippen LogP contribution < -0.4 is 4.74 Å². The number of carbonyl (C=O) groups is 1. The molecule has 1 aromatic rings. The summed E-state index contributed by atoms with van der Waals surface area (Å²) in [5.41, 5.74) is 0.642. The van der Waals surface area contributed by atoms with Crippen molar-refractivity contribution in [3.8, 4) is 5.75 Å². The van der Waals surface area contributed by atoms with E-state index in [1.165, 1.54) is 19.3 Å². The summed E-state index contributed by atoms with van der Waals surface area (Å²) in [4.78, 5) is 15.3. The molecule has 1 aliphatic heterocycles. The first kappa shape index (κ1) is 16.0. The largest absolute Gasteiger partial charge is 0.496 e. The Bertz CT molecular complexity index is 480. The number of hydrogen-bond donors (Lipinski definition) is 0. The number of ether oxygens (including phenoxy) is 1. The Hall–Kier alpha value is -1.35. The van der Waals surface area contributed by atoms with E-state index in [1.807, 2.05) is 24.3 Å². The van der Waals surface area contributed by atoms with Crippen LogP contribution in [0.2, 0.25) is 0 Å². The van der Waals surface area contributed by atoms with Crippen molar-refractivity contribution in [2.75, 3.05) is 20.2 Å². The first-order chi connectivity index (χ1) is 10.1. The molecule has 0 amide bonds. The van der Waals surface area contributed by atoms with Crippen LogP contribution in [0.5, 0.6) is 5.75 Å². The van der Waals surface area contributed by atoms with Gasteiger partial charge < -0.3 is 4.74 Å². The van der Waals surface area contributed by atoms with Crippen LogP contribution in [-0.2, 0) is 11.2 Å². The van der Waals surface area contributed by atoms with E-state index in [9.17, 15) is 4.79 Å². The highest BCUT2D eigenvalue weighted by molar-refractivity contribution is 5.90. The topological polar surface area (TPSA) is 29.5 Å². The number of nitrogens with zero attached hydrogens (tertiary/aromatic N) is 1. The molecule has 1 heterocycles. The third-order valence-electron chi connectivity index (χ3n) is 4.89. The molecule has 0 bridgehead atoms. The van der Waals surface area contributed by atoms with Crippen LogP contribution in [0.3, 0.4) is 0 Å². The van der Waals surface area contributed by atoms with Crippen molar-refractivity contribution in [3.63, 3.8) is 0 Å². The molecule has 2 rings (SSSR count). The van der Waals surface area contributed by atoms with E-state index in [-0.39, 0.29) is 5.54 Å². The molecule has 0 N–H and O–H groups in total. The summed E-state index contributed by atoms with van der Waals surface area (Å²) >= 11 is 0. The first-order valence-electron chi connectivity index (χ1n) is 8.02. The molecule has 116 valence electrons. The van der Waals surface area contributed by atoms with Crippen LogP contribution in [0.25, 0.3) is 0 Å². The summed E-state index contributed by atoms with van der Waals surface area (Å²) in [7, 11) is 1.66. The summed E-state index contributed by atoms with van der Waals surface area (Å²) in [6.07, 6.45) is 5.01. The molecule has 3 nitrogen and oxygen atoms in total. The van der Waals surface area contributed by atoms with Crippen LogP contribution >= 0.6 is 0 Å². The van der Waals surface area contributed by atoms with Gasteiger partial charge >= 0.3 is 0 Å². The number of carbonyl (C=O) groups excluding carboxylic acids is 1. The van der Waals surface area contributed by atoms with Gasteiger partial charge in [0.2, 0.25) is 0 Å². The molecule has 0 spiro atoms. The second kappa shape index (κ2) is 7.08. The monoisotopic (exact) mass is 289 g/mol. The number of hydrogen-bond acceptors (Lipinski definition) is 3. The van der Waals surface area contributed by atoms with E-state index in [0.29, 0.717) is 12.2 Å². The molecule has 1 unspecified atom stereocenters. The minimum atomic E-state index is -0.346. The van der Waals surface area contributed by atoms with Gasteiger partial charge in [0.05, 0.1) is 12.6 Å². The summed E-state index contributed by atoms with van der Waals surface area (Å²) in [6, 6.07) is 7.82. The SMILES string of the molecule is CCC(C)(C(=O)Cc1ccccc1OC)N1CCCCC1. The lowest BCUT2D eigenvalue weighted by molar-refractivity contribution is -0.130. The second-order valence-electron chi connectivity index (χ2n) is 6.09. The van der Waals surface area contributed by atoms with Crippen molar-refractivity contribution in [3.05, 3.63) is 29.8 Å². The Morgan fingerprint density at radius 3 is 2.52 bits per heavy atom. The number of Topliss-reactive ketones (excluding diaryl/α,β-unsaturated/α-hetero) is 1. The van der Waals surface area contributed by atoms with Crippen molar-refractivity contribution < 1.29 is 9.53 Å². The normalized spacial score (nSPS) is 19.0. The fourth-order valence-corrected chi connectivity index (χ4v) is 3.20. The lowest BCUT2D eigenvalue weighted by Gasteiger charge is -2.42. The van der Waals surface area contributed by atoms with Gasteiger partial charge in [-0.15, -0.1) is 0 Å². The highest BCUT2D eigenvalue weighted by Gasteiger charge is 2.37. The third-order valence-corrected chi connectivity index (χ3v) is 4.89. The molecule has 1 atom stereocenters. The molecule has 0 saturated carbocycles. The van der Waals surface area contributed by atoms with Gasteiger partial charge in [0.25, 0.3) is 0 Å². The zero-order chi connectivity index (χ0) is 15.3. The second-order valence-corrected chi connectivity index (χ2v) is 6.09. The zero-order valence-electron chi connectivity index (χ0n) is 13.5. The van der Waals surface area contributed by atoms with Crippen molar-refractivity contribution in [2.24, 2.45) is 0 Å². The minimum Gasteiger partial charge on any atom is -0.496 e. The van der Waals surface area contributed by atoms with Crippen molar-refractivity contribution in [2.45, 2.75) is 51.5 Å². The first-order valence-corrected chi connectivity index (χ1v) is 8.02. The Morgan fingerprint density at radius 2 is 1.90 bits per heavy atom. The van der Waals surface area contributed by atoms with E-state index >= 15 is 0 Å². The summed E-state index contributed by atoms with van der Waals surface area (Å²) in [5.74, 6) is 1.11. The maximum absolute atomic E-state index is 12.9. The molecule has 1 fully saturated rings. The average Bonchev–Trinajstić information content (AvgIpc) is 2.55. The fourth-order valence-electron chi connectivity index (χ4n) is 3.20. The molecule has 21 heavy (non-hydrogen) atoms. The quantitative estimate of drug-likeness (QED) is 0.803. The molecule has 1 saturated heterocycles. The highest BCUT2D eigenvalue weighted by atomic mass is 16.5. The van der Waals surface area contributed by atoms with E-state index < -0.39 is 0 Å². The van der Waals surface area contributed by atoms with E-state index in [0.717, 1.165) is 30.8 Å². The van der Waals surface area contributed by atoms with E-state index in [1.54, 1.807) is 7.11 Å². The Morgan fingerprint density at radius 1 is 1.24 bits per heavy atom. The molecule has 1 aliphatic rings. The number of para-hydroxylation sites is 1. The number of likely N-dealkylation sites (tertiary alicyclic amines) is 1. The van der Waals surface area contributed by atoms with Gasteiger partial charge in [-0.05, 0) is 45.3 Å². The predicted octanol–water partition coefficient (Wildman–Crippen LogP) is 3.46. The number of piperidine rings is 1. The van der Waals surface area contributed by atoms with Crippen molar-refractivity contribution in [1.29, 1.82) is 0 Å². The number of methoxy groups -OCH3 is 1. The average molecular weight is 289 g/mol. The van der Waals surface area contributed by atoms with Crippen LogP contribution in [0.4, 0.5) is 0 Å². The molecule has 3 heteroatoms. The van der Waals surface area contributed by atoms with Gasteiger partial charge in [0.15, 0.2) is 5.78 Å². The summed E-state index contributed by atoms with van der Waals surface area (Å²) in [6.45, 7) is 6.31. The van der Waals surface area contributed by atoms with Crippen molar-refractivity contribution in [1.82, 2.24) is 4.90 Å². The van der Waals surface area contributed by atoms with E-state index in [4.69, 9.17) is 4.74 Å². The van der Waals surface area contributed by atoms with Crippen LogP contribution in [0, 0.1) is 0 Å². The number of ketones is 1. The minimum absolute atomic E-state index is 0.302. The van der Waals surface area contributed by atoms with Gasteiger partial charge in [-0.3, -0.25) is 9.69 Å². The standard InChI is InChI=1S/C18H27NO2/c1-4-18(2,19-12-8-5-9-13-19)17(20)14-15-10-6-7-11-16(15)21-3/h6-7,10-11H,4-5,8-9,12-14H2,1-3H3. The van der Waals surface area contributed by atoms with Crippen molar-refractivity contribution >= 4 is 5.78 Å². The highest BCUT2D eigenvalue weighted by Crippen LogP contribution is 2.28. The van der Waals surface area contributed by atoms with Gasteiger partial charge in [0.1, 0.15) is 5.75 Å².